The summed E-state index contributed by atoms with van der Waals surface area (Å²) in [4.78, 5) is 26.8. The number of anilines is 1. The second-order valence-electron chi connectivity index (χ2n) is 7.22. The molecule has 1 N–H and O–H groups in total. The number of sulfonamides is 1. The number of carbonyl (C=O) groups excluding carboxylic acids is 2. The van der Waals surface area contributed by atoms with E-state index in [0.717, 1.165) is 17.3 Å². The van der Waals surface area contributed by atoms with Crippen molar-refractivity contribution in [1.82, 2.24) is 4.90 Å². The number of aryl methyl sites for hydroxylation is 1. The van der Waals surface area contributed by atoms with E-state index in [0.29, 0.717) is 18.7 Å². The van der Waals surface area contributed by atoms with Crippen LogP contribution >= 0.6 is 11.8 Å². The first-order chi connectivity index (χ1) is 15.3. The van der Waals surface area contributed by atoms with E-state index >= 15 is 0 Å². The van der Waals surface area contributed by atoms with Crippen LogP contribution in [0.2, 0.25) is 0 Å². The monoisotopic (exact) mass is 475 g/mol. The number of carbonyl (C=O) groups is 2. The van der Waals surface area contributed by atoms with Gasteiger partial charge < -0.3 is 10.1 Å². The van der Waals surface area contributed by atoms with Crippen molar-refractivity contribution in [3.05, 3.63) is 60.2 Å². The smallest absolute Gasteiger partial charge is 0.284 e. The fourth-order valence-corrected chi connectivity index (χ4v) is 5.45. The Morgan fingerprint density at radius 2 is 1.84 bits per heavy atom. The largest absolute Gasteiger partial charge is 0.385 e. The van der Waals surface area contributed by atoms with Crippen molar-refractivity contribution >= 4 is 44.5 Å². The highest BCUT2D eigenvalue weighted by Gasteiger charge is 2.40. The van der Waals surface area contributed by atoms with Crippen molar-refractivity contribution in [1.29, 1.82) is 0 Å². The molecule has 1 saturated heterocycles. The molecule has 10 heteroatoms. The third-order valence-electron chi connectivity index (χ3n) is 4.70. The number of hydrogen-bond acceptors (Lipinski definition) is 6. The number of nitrogens with zero attached hydrogens (tertiary/aromatic N) is 2. The summed E-state index contributed by atoms with van der Waals surface area (Å²) in [5, 5.41) is 2.09. The predicted molar refractivity (Wildman–Crippen MR) is 125 cm³/mol. The van der Waals surface area contributed by atoms with E-state index in [1.54, 1.807) is 37.4 Å². The summed E-state index contributed by atoms with van der Waals surface area (Å²) in [6.45, 7) is 2.60. The minimum Gasteiger partial charge on any atom is -0.385 e. The Kier molecular flexibility index (Phi) is 8.05. The molecule has 1 atom stereocenters. The first-order valence-corrected chi connectivity index (χ1v) is 12.4. The Balaban J connectivity index is 1.77. The van der Waals surface area contributed by atoms with Crippen LogP contribution in [0.1, 0.15) is 18.4 Å². The van der Waals surface area contributed by atoms with Crippen LogP contribution in [0.5, 0.6) is 0 Å². The standard InChI is InChI=1S/C22H25N3O5S2/c1-16-9-11-17(12-10-16)23-20(26)15-19-21(27)25(13-6-14-30-2)22(31-19)24-32(28,29)18-7-4-3-5-8-18/h3-5,7-12,19H,6,13-15H2,1-2H3,(H,23,26)/b24-22-. The van der Waals surface area contributed by atoms with Gasteiger partial charge in [-0.05, 0) is 37.6 Å². The molecule has 1 fully saturated rings. The van der Waals surface area contributed by atoms with Crippen molar-refractivity contribution in [2.24, 2.45) is 4.40 Å². The maximum Gasteiger partial charge on any atom is 0.284 e. The normalized spacial score (nSPS) is 17.7. The molecular weight excluding hydrogens is 450 g/mol. The van der Waals surface area contributed by atoms with Gasteiger partial charge in [-0.25, -0.2) is 0 Å². The van der Waals surface area contributed by atoms with Crippen LogP contribution in [-0.2, 0) is 24.3 Å². The summed E-state index contributed by atoms with van der Waals surface area (Å²) in [5.74, 6) is -0.670. The summed E-state index contributed by atoms with van der Waals surface area (Å²) in [7, 11) is -2.44. The third kappa shape index (κ3) is 6.18. The second-order valence-corrected chi connectivity index (χ2v) is 10.00. The Morgan fingerprint density at radius 1 is 1.16 bits per heavy atom. The van der Waals surface area contributed by atoms with E-state index in [9.17, 15) is 18.0 Å². The lowest BCUT2D eigenvalue weighted by atomic mass is 10.2. The van der Waals surface area contributed by atoms with Gasteiger partial charge in [0.25, 0.3) is 10.0 Å². The molecular formula is C22H25N3O5S2. The molecule has 1 aliphatic rings. The number of amides is 2. The van der Waals surface area contributed by atoms with Crippen LogP contribution in [0.4, 0.5) is 5.69 Å². The molecule has 1 unspecified atom stereocenters. The number of hydrogen-bond donors (Lipinski definition) is 1. The fourth-order valence-electron chi connectivity index (χ4n) is 3.05. The zero-order valence-corrected chi connectivity index (χ0v) is 19.5. The van der Waals surface area contributed by atoms with Crippen molar-refractivity contribution in [2.75, 3.05) is 25.6 Å². The predicted octanol–water partition coefficient (Wildman–Crippen LogP) is 3.05. The second kappa shape index (κ2) is 10.8. The Hall–Kier alpha value is -2.69. The zero-order valence-electron chi connectivity index (χ0n) is 17.9. The highest BCUT2D eigenvalue weighted by Crippen LogP contribution is 2.31. The lowest BCUT2D eigenvalue weighted by Crippen LogP contribution is -2.35. The van der Waals surface area contributed by atoms with Crippen LogP contribution in [0.3, 0.4) is 0 Å². The number of ether oxygens (including phenoxy) is 1. The summed E-state index contributed by atoms with van der Waals surface area (Å²) < 4.78 is 34.4. The van der Waals surface area contributed by atoms with E-state index in [2.05, 4.69) is 9.71 Å². The van der Waals surface area contributed by atoms with E-state index in [4.69, 9.17) is 4.74 Å². The number of nitrogens with one attached hydrogen (secondary N) is 1. The highest BCUT2D eigenvalue weighted by atomic mass is 32.2. The lowest BCUT2D eigenvalue weighted by molar-refractivity contribution is -0.128. The van der Waals surface area contributed by atoms with Gasteiger partial charge in [-0.1, -0.05) is 47.7 Å². The molecule has 0 aromatic heterocycles. The maximum absolute atomic E-state index is 13.0. The minimum atomic E-state index is -3.99. The molecule has 170 valence electrons. The Labute approximate surface area is 192 Å². The van der Waals surface area contributed by atoms with Gasteiger partial charge in [0.2, 0.25) is 11.8 Å². The van der Waals surface area contributed by atoms with Gasteiger partial charge in [-0.15, -0.1) is 4.40 Å². The van der Waals surface area contributed by atoms with Crippen LogP contribution in [0.25, 0.3) is 0 Å². The van der Waals surface area contributed by atoms with Gasteiger partial charge in [-0.2, -0.15) is 8.42 Å². The maximum atomic E-state index is 13.0. The molecule has 2 aromatic rings. The first-order valence-electron chi connectivity index (χ1n) is 10.0. The van der Waals surface area contributed by atoms with Gasteiger partial charge in [0.15, 0.2) is 5.17 Å². The number of benzene rings is 2. The molecule has 0 saturated carbocycles. The quantitative estimate of drug-likeness (QED) is 0.559. The van der Waals surface area contributed by atoms with Crippen molar-refractivity contribution in [3.8, 4) is 0 Å². The molecule has 0 spiro atoms. The molecule has 0 aliphatic carbocycles. The first kappa shape index (κ1) is 24.0. The number of rotatable bonds is 9. The van der Waals surface area contributed by atoms with Gasteiger partial charge in [0, 0.05) is 32.4 Å². The number of amidine groups is 1. The van der Waals surface area contributed by atoms with Crippen molar-refractivity contribution < 1.29 is 22.7 Å². The Bertz CT molecular complexity index is 1090. The SMILES string of the molecule is COCCCN1C(=O)C(CC(=O)Nc2ccc(C)cc2)S/C1=N\S(=O)(=O)c1ccccc1. The summed E-state index contributed by atoms with van der Waals surface area (Å²) in [6, 6.07) is 15.1. The van der Waals surface area contributed by atoms with Gasteiger partial charge in [-0.3, -0.25) is 14.5 Å². The summed E-state index contributed by atoms with van der Waals surface area (Å²) >= 11 is 0.993. The van der Waals surface area contributed by atoms with Gasteiger partial charge in [0.1, 0.15) is 5.25 Å². The highest BCUT2D eigenvalue weighted by molar-refractivity contribution is 8.16. The van der Waals surface area contributed by atoms with Crippen LogP contribution in [0, 0.1) is 6.92 Å². The molecule has 32 heavy (non-hydrogen) atoms. The van der Waals surface area contributed by atoms with Crippen LogP contribution in [-0.4, -0.2) is 55.8 Å². The Morgan fingerprint density at radius 3 is 2.50 bits per heavy atom. The van der Waals surface area contributed by atoms with Crippen molar-refractivity contribution in [2.45, 2.75) is 29.9 Å². The van der Waals surface area contributed by atoms with E-state index in [1.165, 1.54) is 17.0 Å². The molecule has 2 amide bonds. The average Bonchev–Trinajstić information content (AvgIpc) is 3.04. The number of thioether (sulfide) groups is 1. The molecule has 0 bridgehead atoms. The van der Waals surface area contributed by atoms with Crippen LogP contribution in [0.15, 0.2) is 63.9 Å². The molecule has 0 radical (unpaired) electrons. The molecule has 2 aromatic carbocycles. The van der Waals surface area contributed by atoms with Crippen LogP contribution < -0.4 is 5.32 Å². The topological polar surface area (TPSA) is 105 Å². The van der Waals surface area contributed by atoms with Gasteiger partial charge in [0.05, 0.1) is 4.90 Å². The summed E-state index contributed by atoms with van der Waals surface area (Å²) in [5.41, 5.74) is 1.70. The molecule has 1 heterocycles. The molecule has 1 aliphatic heterocycles. The lowest BCUT2D eigenvalue weighted by Gasteiger charge is -2.16. The third-order valence-corrected chi connectivity index (χ3v) is 7.27. The summed E-state index contributed by atoms with van der Waals surface area (Å²) in [6.07, 6.45) is 0.415. The zero-order chi connectivity index (χ0) is 23.1. The fraction of sp³-hybridized carbons (Fsp3) is 0.318. The van der Waals surface area contributed by atoms with E-state index < -0.39 is 15.3 Å². The van der Waals surface area contributed by atoms with E-state index in [-0.39, 0.29) is 34.8 Å². The minimum absolute atomic E-state index is 0.0398. The van der Waals surface area contributed by atoms with Crippen molar-refractivity contribution in [3.63, 3.8) is 0 Å². The molecule has 3 rings (SSSR count). The molecule has 8 nitrogen and oxygen atoms in total. The van der Waals surface area contributed by atoms with Gasteiger partial charge >= 0.3 is 0 Å². The average molecular weight is 476 g/mol. The number of methoxy groups -OCH3 is 1. The van der Waals surface area contributed by atoms with E-state index in [1.807, 2.05) is 19.1 Å².